The Kier molecular flexibility index (Phi) is 10.3. The van der Waals surface area contributed by atoms with E-state index in [0.29, 0.717) is 17.8 Å². The Bertz CT molecular complexity index is 1280. The lowest BCUT2D eigenvalue weighted by Crippen LogP contribution is -2.18. The summed E-state index contributed by atoms with van der Waals surface area (Å²) in [6, 6.07) is 8.87. The number of nitrogens with zero attached hydrogens (tertiary/aromatic N) is 2. The zero-order chi connectivity index (χ0) is 27.7. The van der Waals surface area contributed by atoms with E-state index in [9.17, 15) is 18.0 Å². The maximum absolute atomic E-state index is 13.9. The van der Waals surface area contributed by atoms with Crippen LogP contribution < -0.4 is 10.9 Å². The normalized spacial score (nSPS) is 12.3. The summed E-state index contributed by atoms with van der Waals surface area (Å²) in [6.45, 7) is 8.51. The van der Waals surface area contributed by atoms with Gasteiger partial charge in [0.2, 0.25) is 0 Å². The number of hydrogen-bond acceptors (Lipinski definition) is 4. The first-order valence-electron chi connectivity index (χ1n) is 13.3. The minimum absolute atomic E-state index is 0.140. The van der Waals surface area contributed by atoms with Gasteiger partial charge in [-0.05, 0) is 55.0 Å². The highest BCUT2D eigenvalue weighted by molar-refractivity contribution is 5.65. The maximum Gasteiger partial charge on any atom is 0.417 e. The van der Waals surface area contributed by atoms with Gasteiger partial charge in [-0.2, -0.15) is 13.2 Å². The van der Waals surface area contributed by atoms with Crippen LogP contribution in [-0.2, 0) is 19.1 Å². The molecular weight excluding hydrogens is 489 g/mol. The molecule has 0 amide bonds. The fraction of sp³-hybridized carbons (Fsp3) is 0.433. The smallest absolute Gasteiger partial charge is 0.384 e. The van der Waals surface area contributed by atoms with Crippen molar-refractivity contribution in [3.05, 3.63) is 81.4 Å². The molecule has 0 saturated heterocycles. The van der Waals surface area contributed by atoms with Gasteiger partial charge in [0.15, 0.2) is 0 Å². The van der Waals surface area contributed by atoms with E-state index in [1.54, 1.807) is 12.3 Å². The van der Waals surface area contributed by atoms with E-state index < -0.39 is 17.3 Å². The van der Waals surface area contributed by atoms with E-state index in [4.69, 9.17) is 0 Å². The Morgan fingerprint density at radius 1 is 1.03 bits per heavy atom. The van der Waals surface area contributed by atoms with Crippen molar-refractivity contribution < 1.29 is 13.2 Å². The fourth-order valence-electron chi connectivity index (χ4n) is 4.36. The Balaban J connectivity index is 1.91. The number of alkyl halides is 3. The molecule has 2 heterocycles. The summed E-state index contributed by atoms with van der Waals surface area (Å²) in [5.41, 5.74) is 1.81. The fourth-order valence-corrected chi connectivity index (χ4v) is 4.36. The lowest BCUT2D eigenvalue weighted by Gasteiger charge is -2.17. The highest BCUT2D eigenvalue weighted by Crippen LogP contribution is 2.36. The average Bonchev–Trinajstić information content (AvgIpc) is 2.88. The van der Waals surface area contributed by atoms with Gasteiger partial charge in [0.25, 0.3) is 5.56 Å². The van der Waals surface area contributed by atoms with Gasteiger partial charge in [-0.1, -0.05) is 64.7 Å². The second-order valence-electron chi connectivity index (χ2n) is 9.83. The third kappa shape index (κ3) is 8.04. The molecule has 0 unspecified atom stereocenters. The standard InChI is InChI=1S/C30H37F3N4O/c1-5-7-8-9-10-11-21-13-15-26(35-18-21)27-17-28(38)37-29(36-27)23-16-22(12-14-24(23)30(31,32)33)19-34-25(6-2)20(3)4/h6,12-18,20,34H,5,7-11,19H2,1-4H3,(H,36,37,38)/b25-6-. The Labute approximate surface area is 222 Å². The number of pyridine rings is 1. The van der Waals surface area contributed by atoms with Crippen molar-refractivity contribution in [2.75, 3.05) is 0 Å². The van der Waals surface area contributed by atoms with Crippen LogP contribution in [0, 0.1) is 5.92 Å². The number of rotatable bonds is 12. The van der Waals surface area contributed by atoms with E-state index >= 15 is 0 Å². The predicted octanol–water partition coefficient (Wildman–Crippen LogP) is 7.68. The van der Waals surface area contributed by atoms with Gasteiger partial charge in [0.05, 0.1) is 17.0 Å². The Hall–Kier alpha value is -3.42. The first-order chi connectivity index (χ1) is 18.1. The van der Waals surface area contributed by atoms with Crippen LogP contribution in [0.25, 0.3) is 22.8 Å². The van der Waals surface area contributed by atoms with Crippen molar-refractivity contribution in [3.8, 4) is 22.8 Å². The molecule has 1 aromatic carbocycles. The summed E-state index contributed by atoms with van der Waals surface area (Å²) in [5, 5.41) is 3.28. The van der Waals surface area contributed by atoms with E-state index in [1.807, 2.05) is 32.9 Å². The number of nitrogens with one attached hydrogen (secondary N) is 2. The van der Waals surface area contributed by atoms with Gasteiger partial charge in [0.1, 0.15) is 5.82 Å². The molecule has 3 rings (SSSR count). The van der Waals surface area contributed by atoms with Crippen LogP contribution >= 0.6 is 0 Å². The van der Waals surface area contributed by atoms with Crippen LogP contribution in [0.1, 0.15) is 76.5 Å². The highest BCUT2D eigenvalue weighted by atomic mass is 19.4. The number of halogens is 3. The number of aryl methyl sites for hydroxylation is 1. The van der Waals surface area contributed by atoms with Crippen molar-refractivity contribution in [2.24, 2.45) is 5.92 Å². The van der Waals surface area contributed by atoms with Crippen molar-refractivity contribution in [1.29, 1.82) is 0 Å². The minimum Gasteiger partial charge on any atom is -0.384 e. The molecule has 0 aliphatic rings. The van der Waals surface area contributed by atoms with Crippen molar-refractivity contribution in [1.82, 2.24) is 20.3 Å². The van der Waals surface area contributed by atoms with Crippen molar-refractivity contribution in [3.63, 3.8) is 0 Å². The molecule has 0 aliphatic heterocycles. The first kappa shape index (κ1) is 29.1. The number of H-pyrrole nitrogens is 1. The van der Waals surface area contributed by atoms with Gasteiger partial charge in [-0.25, -0.2) is 4.98 Å². The summed E-state index contributed by atoms with van der Waals surface area (Å²) >= 11 is 0. The number of aromatic amines is 1. The van der Waals surface area contributed by atoms with E-state index in [-0.39, 0.29) is 23.0 Å². The average molecular weight is 527 g/mol. The SMILES string of the molecule is C/C=C(\NCc1ccc(C(F)(F)F)c(-c2nc(-c3ccc(CCCCCCC)cn3)cc(=O)[nH]2)c1)C(C)C. The molecule has 2 aromatic heterocycles. The summed E-state index contributed by atoms with van der Waals surface area (Å²) < 4.78 is 41.8. The zero-order valence-electron chi connectivity index (χ0n) is 22.6. The van der Waals surface area contributed by atoms with E-state index in [1.165, 1.54) is 37.5 Å². The summed E-state index contributed by atoms with van der Waals surface area (Å²) in [6.07, 6.45) is 5.88. The van der Waals surface area contributed by atoms with Crippen LogP contribution in [0.5, 0.6) is 0 Å². The first-order valence-corrected chi connectivity index (χ1v) is 13.3. The van der Waals surface area contributed by atoms with E-state index in [0.717, 1.165) is 36.6 Å². The van der Waals surface area contributed by atoms with Crippen LogP contribution in [-0.4, -0.2) is 15.0 Å². The number of benzene rings is 1. The molecule has 0 fully saturated rings. The molecule has 5 nitrogen and oxygen atoms in total. The predicted molar refractivity (Wildman–Crippen MR) is 146 cm³/mol. The van der Waals surface area contributed by atoms with Gasteiger partial charge >= 0.3 is 6.18 Å². The van der Waals surface area contributed by atoms with Crippen LogP contribution in [0.3, 0.4) is 0 Å². The summed E-state index contributed by atoms with van der Waals surface area (Å²) in [7, 11) is 0. The van der Waals surface area contributed by atoms with Crippen molar-refractivity contribution >= 4 is 0 Å². The monoisotopic (exact) mass is 526 g/mol. The lowest BCUT2D eigenvalue weighted by atomic mass is 10.0. The molecule has 8 heteroatoms. The molecular formula is C30H37F3N4O. The number of hydrogen-bond donors (Lipinski definition) is 2. The number of unbranched alkanes of at least 4 members (excludes halogenated alkanes) is 4. The molecule has 2 N–H and O–H groups in total. The van der Waals surface area contributed by atoms with Gasteiger partial charge in [-0.3, -0.25) is 9.78 Å². The van der Waals surface area contributed by atoms with Gasteiger partial charge in [0, 0.05) is 30.1 Å². The maximum atomic E-state index is 13.9. The zero-order valence-corrected chi connectivity index (χ0v) is 22.6. The third-order valence-electron chi connectivity index (χ3n) is 6.47. The largest absolute Gasteiger partial charge is 0.417 e. The van der Waals surface area contributed by atoms with E-state index in [2.05, 4.69) is 27.2 Å². The van der Waals surface area contributed by atoms with Crippen molar-refractivity contribution in [2.45, 2.75) is 78.9 Å². The molecule has 0 bridgehead atoms. The number of aromatic nitrogens is 3. The minimum atomic E-state index is -4.61. The van der Waals surface area contributed by atoms with Crippen LogP contribution in [0.4, 0.5) is 13.2 Å². The molecule has 0 aliphatic carbocycles. The highest BCUT2D eigenvalue weighted by Gasteiger charge is 2.34. The third-order valence-corrected chi connectivity index (χ3v) is 6.47. The van der Waals surface area contributed by atoms with Gasteiger partial charge in [-0.15, -0.1) is 0 Å². The lowest BCUT2D eigenvalue weighted by molar-refractivity contribution is -0.137. The second-order valence-corrected chi connectivity index (χ2v) is 9.83. The molecule has 0 spiro atoms. The topological polar surface area (TPSA) is 70.7 Å². The van der Waals surface area contributed by atoms with Crippen LogP contribution in [0.15, 0.2) is 59.2 Å². The second kappa shape index (κ2) is 13.4. The summed E-state index contributed by atoms with van der Waals surface area (Å²) in [4.78, 5) is 23.9. The molecule has 0 atom stereocenters. The molecule has 204 valence electrons. The molecule has 3 aromatic rings. The Morgan fingerprint density at radius 3 is 2.39 bits per heavy atom. The quantitative estimate of drug-likeness (QED) is 0.238. The summed E-state index contributed by atoms with van der Waals surface area (Å²) in [5.74, 6) is 0.113. The molecule has 0 saturated carbocycles. The Morgan fingerprint density at radius 2 is 1.76 bits per heavy atom. The molecule has 38 heavy (non-hydrogen) atoms. The van der Waals surface area contributed by atoms with Gasteiger partial charge < -0.3 is 10.3 Å². The molecule has 0 radical (unpaired) electrons. The van der Waals surface area contributed by atoms with Crippen LogP contribution in [0.2, 0.25) is 0 Å². The number of allylic oxidation sites excluding steroid dienone is 2.